The van der Waals surface area contributed by atoms with Gasteiger partial charge >= 0.3 is 0 Å². The molecule has 0 radical (unpaired) electrons. The molecule has 8 heteroatoms. The van der Waals surface area contributed by atoms with Crippen molar-refractivity contribution in [3.8, 4) is 0 Å². The zero-order valence-electron chi connectivity index (χ0n) is 28.1. The van der Waals surface area contributed by atoms with Crippen molar-refractivity contribution in [3.05, 3.63) is 129 Å². The molecule has 0 aliphatic heterocycles. The molecule has 2 bridgehead atoms. The van der Waals surface area contributed by atoms with Crippen LogP contribution in [0.2, 0.25) is 5.02 Å². The molecule has 6 aromatic rings. The molecule has 3 aromatic carbocycles. The molecular formula is C41H44ClN7. The van der Waals surface area contributed by atoms with Gasteiger partial charge in [-0.3, -0.25) is 15.0 Å². The van der Waals surface area contributed by atoms with E-state index in [1.807, 2.05) is 22.9 Å². The maximum atomic E-state index is 6.77. The molecule has 0 saturated heterocycles. The first kappa shape index (κ1) is 31.8. The van der Waals surface area contributed by atoms with Crippen LogP contribution in [0.1, 0.15) is 91.2 Å². The maximum absolute atomic E-state index is 6.77. The number of allylic oxidation sites excluding steroid dienone is 2. The highest BCUT2D eigenvalue weighted by molar-refractivity contribution is 6.31. The summed E-state index contributed by atoms with van der Waals surface area (Å²) >= 11 is 6.26. The number of para-hydroxylation sites is 1. The predicted molar refractivity (Wildman–Crippen MR) is 200 cm³/mol. The van der Waals surface area contributed by atoms with Gasteiger partial charge in [-0.15, -0.1) is 5.10 Å². The number of unbranched alkanes of at least 4 members (excludes halogenated alkanes) is 1. The lowest BCUT2D eigenvalue weighted by atomic mass is 9.70. The molecule has 3 unspecified atom stereocenters. The lowest BCUT2D eigenvalue weighted by Gasteiger charge is -2.36. The normalized spacial score (nSPS) is 17.7. The quantitative estimate of drug-likeness (QED) is 0.0892. The SMILES string of the molecule is CCCc1c(C(NCc2cn(CCCCC3=CC4Cc5nc6cc(Cl)ccc6c(N)c5C(C3)C4)nn2)c2ccccc2)[nH]c2ccccc12. The summed E-state index contributed by atoms with van der Waals surface area (Å²) < 4.78 is 2.00. The molecule has 4 N–H and O–H groups in total. The fraction of sp³-hybridized carbons (Fsp3) is 0.341. The summed E-state index contributed by atoms with van der Waals surface area (Å²) in [6.07, 6.45) is 13.3. The van der Waals surface area contributed by atoms with Gasteiger partial charge in [-0.1, -0.05) is 90.3 Å². The van der Waals surface area contributed by atoms with Crippen molar-refractivity contribution in [2.75, 3.05) is 5.73 Å². The molecule has 0 saturated carbocycles. The average Bonchev–Trinajstić information content (AvgIpc) is 3.71. The highest BCUT2D eigenvalue weighted by Crippen LogP contribution is 2.47. The number of hydrogen-bond acceptors (Lipinski definition) is 5. The van der Waals surface area contributed by atoms with Gasteiger partial charge < -0.3 is 10.7 Å². The van der Waals surface area contributed by atoms with Crippen molar-refractivity contribution < 1.29 is 0 Å². The number of nitrogens with two attached hydrogens (primary N) is 1. The number of aryl methyl sites for hydroxylation is 2. The molecule has 8 rings (SSSR count). The molecule has 3 heterocycles. The Morgan fingerprint density at radius 2 is 1.86 bits per heavy atom. The lowest BCUT2D eigenvalue weighted by molar-refractivity contribution is 0.424. The third kappa shape index (κ3) is 6.50. The van der Waals surface area contributed by atoms with E-state index in [-0.39, 0.29) is 6.04 Å². The second-order valence-electron chi connectivity index (χ2n) is 13.9. The Kier molecular flexibility index (Phi) is 8.96. The van der Waals surface area contributed by atoms with Crippen LogP contribution in [-0.2, 0) is 25.9 Å². The van der Waals surface area contributed by atoms with Crippen molar-refractivity contribution in [1.82, 2.24) is 30.3 Å². The van der Waals surface area contributed by atoms with E-state index in [1.165, 1.54) is 39.7 Å². The van der Waals surface area contributed by atoms with Gasteiger partial charge in [-0.25, -0.2) is 0 Å². The highest BCUT2D eigenvalue weighted by atomic mass is 35.5. The van der Waals surface area contributed by atoms with Crippen molar-refractivity contribution in [3.63, 3.8) is 0 Å². The topological polar surface area (TPSA) is 97.4 Å². The molecule has 2 aliphatic rings. The lowest BCUT2D eigenvalue weighted by Crippen LogP contribution is -2.24. The number of halogens is 1. The number of aromatic nitrogens is 5. The van der Waals surface area contributed by atoms with Crippen molar-refractivity contribution in [1.29, 1.82) is 0 Å². The van der Waals surface area contributed by atoms with E-state index in [4.69, 9.17) is 22.3 Å². The summed E-state index contributed by atoms with van der Waals surface area (Å²) in [5.74, 6) is 0.992. The number of H-pyrrole nitrogens is 1. The van der Waals surface area contributed by atoms with Crippen molar-refractivity contribution >= 4 is 39.1 Å². The van der Waals surface area contributed by atoms with Gasteiger partial charge in [0.05, 0.1) is 17.3 Å². The summed E-state index contributed by atoms with van der Waals surface area (Å²) in [4.78, 5) is 8.77. The van der Waals surface area contributed by atoms with E-state index in [0.717, 1.165) is 79.5 Å². The molecule has 0 spiro atoms. The minimum atomic E-state index is 0.0267. The van der Waals surface area contributed by atoms with Crippen LogP contribution in [0.5, 0.6) is 0 Å². The third-order valence-electron chi connectivity index (χ3n) is 10.5. The second kappa shape index (κ2) is 13.8. The van der Waals surface area contributed by atoms with Crippen molar-refractivity contribution in [2.45, 2.75) is 83.3 Å². The molecule has 3 atom stereocenters. The summed E-state index contributed by atoms with van der Waals surface area (Å²) in [7, 11) is 0. The Morgan fingerprint density at radius 3 is 2.73 bits per heavy atom. The first-order chi connectivity index (χ1) is 24.0. The van der Waals surface area contributed by atoms with Gasteiger partial charge in [0.2, 0.25) is 0 Å². The first-order valence-corrected chi connectivity index (χ1v) is 18.3. The number of fused-ring (bicyclic) bond motifs is 6. The van der Waals surface area contributed by atoms with E-state index in [1.54, 1.807) is 5.57 Å². The molecule has 49 heavy (non-hydrogen) atoms. The summed E-state index contributed by atoms with van der Waals surface area (Å²) in [6.45, 7) is 3.75. The minimum Gasteiger partial charge on any atom is -0.398 e. The number of nitrogens with zero attached hydrogens (tertiary/aromatic N) is 4. The Labute approximate surface area is 293 Å². The number of rotatable bonds is 12. The van der Waals surface area contributed by atoms with E-state index >= 15 is 0 Å². The summed E-state index contributed by atoms with van der Waals surface area (Å²) in [5.41, 5.74) is 18.6. The second-order valence-corrected chi connectivity index (χ2v) is 14.4. The number of anilines is 1. The zero-order valence-corrected chi connectivity index (χ0v) is 28.9. The molecular weight excluding hydrogens is 626 g/mol. The van der Waals surface area contributed by atoms with Crippen LogP contribution in [0.4, 0.5) is 5.69 Å². The fourth-order valence-corrected chi connectivity index (χ4v) is 8.52. The maximum Gasteiger partial charge on any atom is 0.0965 e. The van der Waals surface area contributed by atoms with Crippen LogP contribution in [0.15, 0.2) is 90.6 Å². The Hall–Kier alpha value is -4.46. The smallest absolute Gasteiger partial charge is 0.0965 e. The Morgan fingerprint density at radius 1 is 1.00 bits per heavy atom. The Bertz CT molecular complexity index is 2130. The number of hydrogen-bond donors (Lipinski definition) is 3. The summed E-state index contributed by atoms with van der Waals surface area (Å²) in [6, 6.07) is 25.2. The average molecular weight is 670 g/mol. The monoisotopic (exact) mass is 669 g/mol. The number of nitrogens with one attached hydrogen (secondary N) is 2. The standard InChI is InChI=1S/C41H44ClN7/c1-2-10-33-32-14-6-7-15-35(32)46-41(33)40(28-12-4-3-5-13-28)44-24-31-25-49(48-47-31)18-9-8-11-26-19-27-21-29(20-26)38-37(22-27)45-36-23-30(42)16-17-34(36)39(38)43/h3-7,12-17,19,23,25,27,29,40,44,46H,2,8-11,18,20-22,24H2,1H3,(H2,43,45). The van der Waals surface area contributed by atoms with Gasteiger partial charge in [-0.2, -0.15) is 0 Å². The molecule has 0 amide bonds. The Balaban J connectivity index is 0.889. The fourth-order valence-electron chi connectivity index (χ4n) is 8.35. The number of nitrogen functional groups attached to an aromatic ring is 1. The largest absolute Gasteiger partial charge is 0.398 e. The molecule has 7 nitrogen and oxygen atoms in total. The van der Waals surface area contributed by atoms with E-state index < -0.39 is 0 Å². The van der Waals surface area contributed by atoms with Gasteiger partial charge in [0.15, 0.2) is 0 Å². The van der Waals surface area contributed by atoms with Crippen LogP contribution in [0.25, 0.3) is 21.8 Å². The van der Waals surface area contributed by atoms with Crippen LogP contribution in [-0.4, -0.2) is 25.0 Å². The van der Waals surface area contributed by atoms with Gasteiger partial charge in [0, 0.05) is 63.2 Å². The highest BCUT2D eigenvalue weighted by Gasteiger charge is 2.33. The van der Waals surface area contributed by atoms with Gasteiger partial charge in [0.1, 0.15) is 0 Å². The van der Waals surface area contributed by atoms with Gasteiger partial charge in [-0.05, 0) is 92.2 Å². The van der Waals surface area contributed by atoms with E-state index in [0.29, 0.717) is 23.4 Å². The van der Waals surface area contributed by atoms with Crippen LogP contribution < -0.4 is 11.1 Å². The van der Waals surface area contributed by atoms with Crippen LogP contribution in [0.3, 0.4) is 0 Å². The minimum absolute atomic E-state index is 0.0267. The predicted octanol–water partition coefficient (Wildman–Crippen LogP) is 9.22. The number of aromatic amines is 1. The molecule has 0 fully saturated rings. The number of pyridine rings is 1. The third-order valence-corrected chi connectivity index (χ3v) is 10.7. The number of benzene rings is 3. The molecule has 3 aromatic heterocycles. The zero-order chi connectivity index (χ0) is 33.3. The molecule has 250 valence electrons. The van der Waals surface area contributed by atoms with E-state index in [9.17, 15) is 0 Å². The van der Waals surface area contributed by atoms with Gasteiger partial charge in [0.25, 0.3) is 0 Å². The summed E-state index contributed by atoms with van der Waals surface area (Å²) in [5, 5.41) is 15.9. The van der Waals surface area contributed by atoms with E-state index in [2.05, 4.69) is 94.4 Å². The molecule has 2 aliphatic carbocycles. The van der Waals surface area contributed by atoms with Crippen molar-refractivity contribution in [2.24, 2.45) is 5.92 Å². The first-order valence-electron chi connectivity index (χ1n) is 17.9. The van der Waals surface area contributed by atoms with Crippen LogP contribution >= 0.6 is 11.6 Å². The van der Waals surface area contributed by atoms with Crippen LogP contribution in [0, 0.1) is 5.92 Å².